The number of fused-ring (bicyclic) bond motifs is 1. The maximum atomic E-state index is 6.07. The zero-order valence-corrected chi connectivity index (χ0v) is 13.5. The van der Waals surface area contributed by atoms with Crippen LogP contribution in [-0.4, -0.2) is 6.54 Å². The molecule has 1 heterocycles. The summed E-state index contributed by atoms with van der Waals surface area (Å²) in [6.45, 7) is 3.13. The smallest absolute Gasteiger partial charge is 0.134 e. The summed E-state index contributed by atoms with van der Waals surface area (Å²) >= 11 is 6.07. The normalized spacial score (nSPS) is 18.2. The van der Waals surface area contributed by atoms with E-state index in [0.29, 0.717) is 6.04 Å². The minimum Gasteiger partial charge on any atom is -0.459 e. The molecule has 1 aromatic heterocycles. The van der Waals surface area contributed by atoms with Gasteiger partial charge in [-0.3, -0.25) is 0 Å². The number of benzene rings is 1. The van der Waals surface area contributed by atoms with Crippen molar-refractivity contribution in [1.29, 1.82) is 0 Å². The molecule has 0 spiro atoms. The Morgan fingerprint density at radius 2 is 2.05 bits per heavy atom. The van der Waals surface area contributed by atoms with Gasteiger partial charge in [0.15, 0.2) is 0 Å². The van der Waals surface area contributed by atoms with Crippen LogP contribution in [0.2, 0.25) is 5.02 Å². The van der Waals surface area contributed by atoms with Crippen LogP contribution >= 0.6 is 11.6 Å². The largest absolute Gasteiger partial charge is 0.459 e. The van der Waals surface area contributed by atoms with E-state index in [1.54, 1.807) is 0 Å². The third kappa shape index (κ3) is 3.61. The molecular formula is C18H24ClNO. The number of nitrogens with one attached hydrogen (secondary N) is 1. The van der Waals surface area contributed by atoms with Crippen molar-refractivity contribution in [3.05, 3.63) is 35.0 Å². The van der Waals surface area contributed by atoms with E-state index in [4.69, 9.17) is 16.0 Å². The summed E-state index contributed by atoms with van der Waals surface area (Å²) < 4.78 is 6.06. The molecule has 0 aliphatic heterocycles. The van der Waals surface area contributed by atoms with Crippen molar-refractivity contribution in [3.63, 3.8) is 0 Å². The van der Waals surface area contributed by atoms with Crippen molar-refractivity contribution in [2.24, 2.45) is 5.92 Å². The molecule has 0 saturated heterocycles. The third-order valence-electron chi connectivity index (χ3n) is 4.59. The van der Waals surface area contributed by atoms with E-state index in [1.807, 2.05) is 18.2 Å². The van der Waals surface area contributed by atoms with E-state index < -0.39 is 0 Å². The SMILES string of the molecule is CCNC(CC1CCCCC1)c1cc2cc(Cl)ccc2o1. The average Bonchev–Trinajstić information content (AvgIpc) is 2.91. The van der Waals surface area contributed by atoms with E-state index in [-0.39, 0.29) is 0 Å². The highest BCUT2D eigenvalue weighted by Gasteiger charge is 2.22. The lowest BCUT2D eigenvalue weighted by atomic mass is 9.84. The number of halogens is 1. The lowest BCUT2D eigenvalue weighted by Gasteiger charge is -2.26. The van der Waals surface area contributed by atoms with Gasteiger partial charge in [0.2, 0.25) is 0 Å². The van der Waals surface area contributed by atoms with Crippen LogP contribution in [0, 0.1) is 5.92 Å². The van der Waals surface area contributed by atoms with Gasteiger partial charge in [-0.15, -0.1) is 0 Å². The molecule has 1 fully saturated rings. The van der Waals surface area contributed by atoms with Crippen LogP contribution < -0.4 is 5.32 Å². The minimum atomic E-state index is 0.323. The predicted octanol–water partition coefficient (Wildman–Crippen LogP) is 5.71. The second kappa shape index (κ2) is 6.85. The van der Waals surface area contributed by atoms with Gasteiger partial charge < -0.3 is 9.73 Å². The molecule has 1 saturated carbocycles. The first-order valence-corrected chi connectivity index (χ1v) is 8.56. The molecule has 2 aromatic rings. The number of hydrogen-bond acceptors (Lipinski definition) is 2. The van der Waals surface area contributed by atoms with Crippen molar-refractivity contribution in [2.45, 2.75) is 51.5 Å². The average molecular weight is 306 g/mol. The number of furan rings is 1. The van der Waals surface area contributed by atoms with Gasteiger partial charge in [-0.25, -0.2) is 0 Å². The van der Waals surface area contributed by atoms with Crippen LogP contribution in [0.3, 0.4) is 0 Å². The van der Waals surface area contributed by atoms with E-state index in [1.165, 1.54) is 38.5 Å². The van der Waals surface area contributed by atoms with Gasteiger partial charge >= 0.3 is 0 Å². The Kier molecular flexibility index (Phi) is 4.87. The van der Waals surface area contributed by atoms with Gasteiger partial charge in [0.25, 0.3) is 0 Å². The molecule has 1 N–H and O–H groups in total. The fourth-order valence-corrected chi connectivity index (χ4v) is 3.69. The molecule has 0 amide bonds. The molecule has 0 radical (unpaired) electrons. The van der Waals surface area contributed by atoms with Crippen LogP contribution in [0.25, 0.3) is 11.0 Å². The maximum Gasteiger partial charge on any atom is 0.134 e. The molecule has 1 aliphatic carbocycles. The first-order valence-electron chi connectivity index (χ1n) is 8.18. The quantitative estimate of drug-likeness (QED) is 0.765. The minimum absolute atomic E-state index is 0.323. The molecule has 2 nitrogen and oxygen atoms in total. The Hall–Kier alpha value is -0.990. The van der Waals surface area contributed by atoms with Crippen molar-refractivity contribution in [2.75, 3.05) is 6.54 Å². The standard InChI is InChI=1S/C18H24ClNO/c1-2-20-16(10-13-6-4-3-5-7-13)18-12-14-11-15(19)8-9-17(14)21-18/h8-9,11-13,16,20H,2-7,10H2,1H3. The van der Waals surface area contributed by atoms with Crippen LogP contribution in [0.4, 0.5) is 0 Å². The second-order valence-corrected chi connectivity index (χ2v) is 6.62. The maximum absolute atomic E-state index is 6.07. The Bertz CT molecular complexity index is 586. The van der Waals surface area contributed by atoms with Crippen LogP contribution in [0.5, 0.6) is 0 Å². The fourth-order valence-electron chi connectivity index (χ4n) is 3.51. The van der Waals surface area contributed by atoms with E-state index >= 15 is 0 Å². The molecular weight excluding hydrogens is 282 g/mol. The predicted molar refractivity (Wildman–Crippen MR) is 88.8 cm³/mol. The van der Waals surface area contributed by atoms with Crippen LogP contribution in [-0.2, 0) is 0 Å². The molecule has 21 heavy (non-hydrogen) atoms. The molecule has 1 aromatic carbocycles. The fraction of sp³-hybridized carbons (Fsp3) is 0.556. The topological polar surface area (TPSA) is 25.2 Å². The highest BCUT2D eigenvalue weighted by molar-refractivity contribution is 6.31. The molecule has 3 heteroatoms. The van der Waals surface area contributed by atoms with Crippen molar-refractivity contribution in [1.82, 2.24) is 5.32 Å². The summed E-state index contributed by atoms with van der Waals surface area (Å²) in [5.41, 5.74) is 0.931. The molecule has 0 bridgehead atoms. The first kappa shape index (κ1) is 14.9. The zero-order valence-electron chi connectivity index (χ0n) is 12.7. The molecule has 1 aliphatic rings. The number of hydrogen-bond donors (Lipinski definition) is 1. The van der Waals surface area contributed by atoms with Gasteiger partial charge in [0.1, 0.15) is 11.3 Å². The first-order chi connectivity index (χ1) is 10.3. The summed E-state index contributed by atoms with van der Waals surface area (Å²) in [4.78, 5) is 0. The monoisotopic (exact) mass is 305 g/mol. The van der Waals surface area contributed by atoms with Crippen molar-refractivity contribution in [3.8, 4) is 0 Å². The Balaban J connectivity index is 1.80. The van der Waals surface area contributed by atoms with Crippen LogP contribution in [0.1, 0.15) is 57.3 Å². The lowest BCUT2D eigenvalue weighted by molar-refractivity contribution is 0.285. The lowest BCUT2D eigenvalue weighted by Crippen LogP contribution is -2.24. The molecule has 1 atom stereocenters. The van der Waals surface area contributed by atoms with E-state index in [2.05, 4.69) is 18.3 Å². The summed E-state index contributed by atoms with van der Waals surface area (Å²) in [7, 11) is 0. The van der Waals surface area contributed by atoms with Crippen molar-refractivity contribution >= 4 is 22.6 Å². The second-order valence-electron chi connectivity index (χ2n) is 6.18. The molecule has 1 unspecified atom stereocenters. The summed E-state index contributed by atoms with van der Waals surface area (Å²) in [6.07, 6.45) is 8.10. The van der Waals surface area contributed by atoms with Crippen molar-refractivity contribution < 1.29 is 4.42 Å². The molecule has 114 valence electrons. The van der Waals surface area contributed by atoms with Gasteiger partial charge in [-0.05, 0) is 43.1 Å². The summed E-state index contributed by atoms with van der Waals surface area (Å²) in [5, 5.41) is 5.46. The Labute approximate surface area is 131 Å². The third-order valence-corrected chi connectivity index (χ3v) is 4.82. The highest BCUT2D eigenvalue weighted by Crippen LogP contribution is 2.34. The van der Waals surface area contributed by atoms with Crippen LogP contribution in [0.15, 0.2) is 28.7 Å². The number of rotatable bonds is 5. The van der Waals surface area contributed by atoms with Gasteiger partial charge in [0, 0.05) is 10.4 Å². The zero-order chi connectivity index (χ0) is 14.7. The van der Waals surface area contributed by atoms with Gasteiger partial charge in [-0.1, -0.05) is 50.6 Å². The van der Waals surface area contributed by atoms with E-state index in [9.17, 15) is 0 Å². The highest BCUT2D eigenvalue weighted by atomic mass is 35.5. The van der Waals surface area contributed by atoms with Gasteiger partial charge in [-0.2, -0.15) is 0 Å². The molecule has 3 rings (SSSR count). The Morgan fingerprint density at radius 3 is 2.81 bits per heavy atom. The Morgan fingerprint density at radius 1 is 1.24 bits per heavy atom. The van der Waals surface area contributed by atoms with E-state index in [0.717, 1.165) is 34.2 Å². The summed E-state index contributed by atoms with van der Waals surface area (Å²) in [5.74, 6) is 1.89. The summed E-state index contributed by atoms with van der Waals surface area (Å²) in [6, 6.07) is 8.31. The van der Waals surface area contributed by atoms with Gasteiger partial charge in [0.05, 0.1) is 6.04 Å².